The number of halogens is 3. The third-order valence-electron chi connectivity index (χ3n) is 3.11. The summed E-state index contributed by atoms with van der Waals surface area (Å²) in [5, 5.41) is 3.23. The van der Waals surface area contributed by atoms with E-state index in [1.165, 1.54) is 4.90 Å². The molecule has 1 rings (SSSR count). The first-order valence-electron chi connectivity index (χ1n) is 7.43. The summed E-state index contributed by atoms with van der Waals surface area (Å²) in [6, 6.07) is 1.84. The van der Waals surface area contributed by atoms with Gasteiger partial charge in [0.25, 0.3) is 0 Å². The van der Waals surface area contributed by atoms with E-state index in [2.05, 4.69) is 12.2 Å². The largest absolute Gasteiger partial charge is 0.463 e. The fraction of sp³-hybridized carbons (Fsp3) is 0.733. The Hall–Kier alpha value is -1.01. The average Bonchev–Trinajstić information content (AvgIpc) is 2.68. The van der Waals surface area contributed by atoms with Gasteiger partial charge in [-0.1, -0.05) is 13.8 Å². The lowest BCUT2D eigenvalue weighted by molar-refractivity contribution is -0.147. The lowest BCUT2D eigenvalue weighted by Gasteiger charge is -2.21. The van der Waals surface area contributed by atoms with E-state index in [1.54, 1.807) is 0 Å². The molecule has 6 heteroatoms. The quantitative estimate of drug-likeness (QED) is 0.702. The van der Waals surface area contributed by atoms with Gasteiger partial charge in [-0.3, -0.25) is 4.90 Å². The van der Waals surface area contributed by atoms with Gasteiger partial charge in [0.1, 0.15) is 11.5 Å². The third kappa shape index (κ3) is 7.00. The molecule has 0 spiro atoms. The lowest BCUT2D eigenvalue weighted by atomic mass is 10.2. The molecule has 0 aromatic carbocycles. The van der Waals surface area contributed by atoms with E-state index in [0.29, 0.717) is 25.3 Å². The summed E-state index contributed by atoms with van der Waals surface area (Å²) in [6.07, 6.45) is -2.47. The number of hydrogen-bond acceptors (Lipinski definition) is 3. The summed E-state index contributed by atoms with van der Waals surface area (Å²) in [7, 11) is 0. The minimum absolute atomic E-state index is 0.196. The molecule has 1 heterocycles. The smallest absolute Gasteiger partial charge is 0.401 e. The molecule has 21 heavy (non-hydrogen) atoms. The maximum atomic E-state index is 12.5. The molecule has 0 bridgehead atoms. The van der Waals surface area contributed by atoms with E-state index in [0.717, 1.165) is 24.3 Å². The Balaban J connectivity index is 2.64. The van der Waals surface area contributed by atoms with Crippen LogP contribution in [0.15, 0.2) is 10.5 Å². The maximum Gasteiger partial charge on any atom is 0.401 e. The Labute approximate surface area is 124 Å². The van der Waals surface area contributed by atoms with Gasteiger partial charge in [-0.15, -0.1) is 0 Å². The van der Waals surface area contributed by atoms with Gasteiger partial charge in [0.15, 0.2) is 0 Å². The second-order valence-corrected chi connectivity index (χ2v) is 5.32. The average molecular weight is 306 g/mol. The number of nitrogens with one attached hydrogen (secondary N) is 1. The van der Waals surface area contributed by atoms with E-state index in [1.807, 2.05) is 19.9 Å². The standard InChI is InChI=1S/C15H25F3N2O/c1-4-6-19-9-14-12(3)8-13(21-14)10-20(7-5-2)11-15(16,17)18/h8,19H,4-7,9-11H2,1-3H3. The van der Waals surface area contributed by atoms with Gasteiger partial charge in [-0.25, -0.2) is 0 Å². The van der Waals surface area contributed by atoms with Crippen molar-refractivity contribution in [3.05, 3.63) is 23.2 Å². The number of furan rings is 1. The molecule has 0 fully saturated rings. The van der Waals surface area contributed by atoms with E-state index < -0.39 is 12.7 Å². The zero-order chi connectivity index (χ0) is 15.9. The minimum Gasteiger partial charge on any atom is -0.463 e. The van der Waals surface area contributed by atoms with Crippen LogP contribution in [0.1, 0.15) is 43.8 Å². The van der Waals surface area contributed by atoms with Crippen molar-refractivity contribution < 1.29 is 17.6 Å². The highest BCUT2D eigenvalue weighted by atomic mass is 19.4. The van der Waals surface area contributed by atoms with Crippen molar-refractivity contribution in [3.63, 3.8) is 0 Å². The van der Waals surface area contributed by atoms with E-state index >= 15 is 0 Å². The molecular weight excluding hydrogens is 281 g/mol. The molecule has 1 aromatic rings. The normalized spacial score (nSPS) is 12.3. The highest BCUT2D eigenvalue weighted by molar-refractivity contribution is 5.20. The highest BCUT2D eigenvalue weighted by Crippen LogP contribution is 2.21. The van der Waals surface area contributed by atoms with Crippen molar-refractivity contribution >= 4 is 0 Å². The van der Waals surface area contributed by atoms with Gasteiger partial charge in [-0.2, -0.15) is 13.2 Å². The number of alkyl halides is 3. The first-order valence-corrected chi connectivity index (χ1v) is 7.43. The van der Waals surface area contributed by atoms with Gasteiger partial charge in [0, 0.05) is 0 Å². The van der Waals surface area contributed by atoms with Crippen LogP contribution >= 0.6 is 0 Å². The molecular formula is C15H25F3N2O. The number of nitrogens with zero attached hydrogens (tertiary/aromatic N) is 1. The summed E-state index contributed by atoms with van der Waals surface area (Å²) in [5.41, 5.74) is 0.983. The SMILES string of the molecule is CCCNCc1oc(CN(CCC)CC(F)(F)F)cc1C. The first kappa shape index (κ1) is 18.0. The minimum atomic E-state index is -4.18. The molecule has 3 nitrogen and oxygen atoms in total. The van der Waals surface area contributed by atoms with E-state index in [9.17, 15) is 13.2 Å². The van der Waals surface area contributed by atoms with Crippen molar-refractivity contribution in [1.82, 2.24) is 10.2 Å². The Morgan fingerprint density at radius 2 is 1.95 bits per heavy atom. The van der Waals surface area contributed by atoms with Crippen molar-refractivity contribution in [3.8, 4) is 0 Å². The molecule has 0 aliphatic carbocycles. The zero-order valence-corrected chi connectivity index (χ0v) is 13.0. The van der Waals surface area contributed by atoms with E-state index in [-0.39, 0.29) is 6.54 Å². The summed E-state index contributed by atoms with van der Waals surface area (Å²) < 4.78 is 43.3. The van der Waals surface area contributed by atoms with Crippen molar-refractivity contribution in [2.24, 2.45) is 0 Å². The fourth-order valence-corrected chi connectivity index (χ4v) is 2.23. The van der Waals surface area contributed by atoms with Crippen LogP contribution in [0.5, 0.6) is 0 Å². The van der Waals surface area contributed by atoms with Crippen LogP contribution in [-0.4, -0.2) is 30.7 Å². The van der Waals surface area contributed by atoms with Crippen LogP contribution in [-0.2, 0) is 13.1 Å². The first-order chi connectivity index (χ1) is 9.85. The maximum absolute atomic E-state index is 12.5. The van der Waals surface area contributed by atoms with Gasteiger partial charge >= 0.3 is 6.18 Å². The van der Waals surface area contributed by atoms with Crippen LogP contribution in [0.25, 0.3) is 0 Å². The van der Waals surface area contributed by atoms with Gasteiger partial charge in [0.2, 0.25) is 0 Å². The molecule has 0 radical (unpaired) electrons. The molecule has 0 saturated heterocycles. The molecule has 122 valence electrons. The highest BCUT2D eigenvalue weighted by Gasteiger charge is 2.30. The van der Waals surface area contributed by atoms with Crippen molar-refractivity contribution in [2.75, 3.05) is 19.6 Å². The molecule has 0 saturated carbocycles. The molecule has 0 unspecified atom stereocenters. The molecule has 0 atom stereocenters. The summed E-state index contributed by atoms with van der Waals surface area (Å²) >= 11 is 0. The van der Waals surface area contributed by atoms with Crippen molar-refractivity contribution in [2.45, 2.75) is 52.9 Å². The van der Waals surface area contributed by atoms with Gasteiger partial charge in [0.05, 0.1) is 19.6 Å². The molecule has 0 aliphatic heterocycles. The predicted octanol–water partition coefficient (Wildman–Crippen LogP) is 3.86. The van der Waals surface area contributed by atoms with Crippen LogP contribution in [0.3, 0.4) is 0 Å². The lowest BCUT2D eigenvalue weighted by Crippen LogP contribution is -2.34. The van der Waals surface area contributed by atoms with Crippen LogP contribution in [0, 0.1) is 6.92 Å². The summed E-state index contributed by atoms with van der Waals surface area (Å²) in [5.74, 6) is 1.40. The molecule has 0 amide bonds. The molecule has 1 N–H and O–H groups in total. The second-order valence-electron chi connectivity index (χ2n) is 5.32. The Bertz CT molecular complexity index is 416. The van der Waals surface area contributed by atoms with E-state index in [4.69, 9.17) is 4.42 Å². The Kier molecular flexibility index (Phi) is 7.25. The second kappa shape index (κ2) is 8.44. The number of hydrogen-bond donors (Lipinski definition) is 1. The molecule has 0 aliphatic rings. The fourth-order valence-electron chi connectivity index (χ4n) is 2.23. The zero-order valence-electron chi connectivity index (χ0n) is 13.0. The van der Waals surface area contributed by atoms with Crippen LogP contribution in [0.2, 0.25) is 0 Å². The van der Waals surface area contributed by atoms with Gasteiger partial charge in [-0.05, 0) is 44.5 Å². The Morgan fingerprint density at radius 1 is 1.24 bits per heavy atom. The Morgan fingerprint density at radius 3 is 2.52 bits per heavy atom. The molecule has 1 aromatic heterocycles. The van der Waals surface area contributed by atoms with Crippen LogP contribution < -0.4 is 5.32 Å². The van der Waals surface area contributed by atoms with Crippen LogP contribution in [0.4, 0.5) is 13.2 Å². The summed E-state index contributed by atoms with van der Waals surface area (Å²) in [6.45, 7) is 7.08. The predicted molar refractivity (Wildman–Crippen MR) is 77.1 cm³/mol. The van der Waals surface area contributed by atoms with Crippen molar-refractivity contribution in [1.29, 1.82) is 0 Å². The topological polar surface area (TPSA) is 28.4 Å². The monoisotopic (exact) mass is 306 g/mol. The number of rotatable bonds is 9. The van der Waals surface area contributed by atoms with Gasteiger partial charge < -0.3 is 9.73 Å². The number of aryl methyl sites for hydroxylation is 1. The summed E-state index contributed by atoms with van der Waals surface area (Å²) in [4.78, 5) is 1.38. The third-order valence-corrected chi connectivity index (χ3v) is 3.11.